The number of fused-ring (bicyclic) bond motifs is 1. The van der Waals surface area contributed by atoms with Crippen LogP contribution in [0.1, 0.15) is 11.1 Å². The molecule has 0 aliphatic carbocycles. The van der Waals surface area contributed by atoms with Gasteiger partial charge in [0.05, 0.1) is 21.5 Å². The molecule has 1 heterocycles. The topological polar surface area (TPSA) is 48.0 Å². The fourth-order valence-electron chi connectivity index (χ4n) is 2.13. The van der Waals surface area contributed by atoms with Crippen molar-refractivity contribution < 1.29 is 0 Å². The van der Waals surface area contributed by atoms with E-state index in [-0.39, 0.29) is 5.56 Å². The fourth-order valence-corrected chi connectivity index (χ4v) is 3.16. The highest BCUT2D eigenvalue weighted by molar-refractivity contribution is 7.14. The maximum atomic E-state index is 12.4. The minimum absolute atomic E-state index is 0.00412. The first-order valence-corrected chi connectivity index (χ1v) is 6.83. The van der Waals surface area contributed by atoms with E-state index < -0.39 is 0 Å². The summed E-state index contributed by atoms with van der Waals surface area (Å²) in [4.78, 5) is 12.4. The summed E-state index contributed by atoms with van der Waals surface area (Å²) in [5.74, 6) is 0. The Balaban J connectivity index is 2.34. The van der Waals surface area contributed by atoms with Crippen LogP contribution in [-0.4, -0.2) is 3.96 Å². The van der Waals surface area contributed by atoms with Crippen molar-refractivity contribution >= 4 is 27.3 Å². The van der Waals surface area contributed by atoms with E-state index in [9.17, 15) is 4.79 Å². The summed E-state index contributed by atoms with van der Waals surface area (Å²) in [6.45, 7) is 4.04. The Bertz CT molecular complexity index is 830. The van der Waals surface area contributed by atoms with E-state index in [1.54, 1.807) is 3.96 Å². The first kappa shape index (κ1) is 12.0. The van der Waals surface area contributed by atoms with Gasteiger partial charge in [0.2, 0.25) is 0 Å². The lowest BCUT2D eigenvalue weighted by atomic mass is 10.1. The number of rotatable bonds is 1. The predicted molar refractivity (Wildman–Crippen MR) is 81.3 cm³/mol. The van der Waals surface area contributed by atoms with Gasteiger partial charge in [0.25, 0.3) is 5.56 Å². The highest BCUT2D eigenvalue weighted by atomic mass is 32.1. The van der Waals surface area contributed by atoms with Crippen molar-refractivity contribution in [3.05, 3.63) is 57.9 Å². The smallest absolute Gasteiger partial charge is 0.273 e. The van der Waals surface area contributed by atoms with Gasteiger partial charge >= 0.3 is 0 Å². The Morgan fingerprint density at radius 1 is 1.11 bits per heavy atom. The zero-order chi connectivity index (χ0) is 13.6. The number of hydrogen-bond donors (Lipinski definition) is 1. The molecule has 0 unspecified atom stereocenters. The van der Waals surface area contributed by atoms with Crippen LogP contribution in [0.3, 0.4) is 0 Å². The number of hydrogen-bond acceptors (Lipinski definition) is 3. The molecular weight excluding hydrogens is 256 g/mol. The Labute approximate surface area is 115 Å². The number of benzene rings is 2. The summed E-state index contributed by atoms with van der Waals surface area (Å²) in [6.07, 6.45) is 0. The SMILES string of the molecule is Cc1cc(N)c(-n2sc3ccccc3c2=O)cc1C. The van der Waals surface area contributed by atoms with Gasteiger partial charge in [-0.1, -0.05) is 23.7 Å². The molecule has 0 saturated heterocycles. The summed E-state index contributed by atoms with van der Waals surface area (Å²) < 4.78 is 2.65. The molecule has 0 aliphatic rings. The third-order valence-corrected chi connectivity index (χ3v) is 4.45. The number of aromatic nitrogens is 1. The average molecular weight is 270 g/mol. The molecule has 0 radical (unpaired) electrons. The van der Waals surface area contributed by atoms with Crippen LogP contribution in [0, 0.1) is 13.8 Å². The van der Waals surface area contributed by atoms with Crippen molar-refractivity contribution in [3.8, 4) is 5.69 Å². The van der Waals surface area contributed by atoms with Crippen LogP contribution in [0.4, 0.5) is 5.69 Å². The van der Waals surface area contributed by atoms with Crippen LogP contribution >= 0.6 is 11.5 Å². The molecule has 2 aromatic carbocycles. The van der Waals surface area contributed by atoms with Gasteiger partial charge in [-0.05, 0) is 49.2 Å². The Morgan fingerprint density at radius 2 is 1.79 bits per heavy atom. The van der Waals surface area contributed by atoms with Crippen LogP contribution in [0.25, 0.3) is 15.8 Å². The van der Waals surface area contributed by atoms with E-state index in [1.165, 1.54) is 11.5 Å². The molecule has 3 aromatic rings. The summed E-state index contributed by atoms with van der Waals surface area (Å²) >= 11 is 1.43. The van der Waals surface area contributed by atoms with Crippen LogP contribution < -0.4 is 11.3 Å². The number of nitrogens with zero attached hydrogens (tertiary/aromatic N) is 1. The molecule has 1 aromatic heterocycles. The Hall–Kier alpha value is -2.07. The summed E-state index contributed by atoms with van der Waals surface area (Å²) in [6, 6.07) is 11.5. The molecule has 2 N–H and O–H groups in total. The van der Waals surface area contributed by atoms with Gasteiger partial charge in [-0.15, -0.1) is 0 Å². The standard InChI is InChI=1S/C15H14N2OS/c1-9-7-12(16)13(8-10(9)2)17-15(18)11-5-3-4-6-14(11)19-17/h3-8H,16H2,1-2H3. The maximum Gasteiger partial charge on any atom is 0.273 e. The van der Waals surface area contributed by atoms with Crippen molar-refractivity contribution in [3.63, 3.8) is 0 Å². The fraction of sp³-hybridized carbons (Fsp3) is 0.133. The van der Waals surface area contributed by atoms with E-state index in [0.717, 1.165) is 26.9 Å². The molecular formula is C15H14N2OS. The van der Waals surface area contributed by atoms with Gasteiger partial charge in [-0.2, -0.15) is 0 Å². The molecule has 0 amide bonds. The number of anilines is 1. The molecule has 0 saturated carbocycles. The first-order valence-electron chi connectivity index (χ1n) is 6.06. The van der Waals surface area contributed by atoms with Gasteiger partial charge in [-0.3, -0.25) is 4.79 Å². The van der Waals surface area contributed by atoms with E-state index in [4.69, 9.17) is 5.73 Å². The number of nitrogens with two attached hydrogens (primary N) is 1. The largest absolute Gasteiger partial charge is 0.397 e. The highest BCUT2D eigenvalue weighted by Crippen LogP contribution is 2.25. The van der Waals surface area contributed by atoms with Gasteiger partial charge in [0.1, 0.15) is 0 Å². The van der Waals surface area contributed by atoms with E-state index in [1.807, 2.05) is 50.2 Å². The second-order valence-electron chi connectivity index (χ2n) is 4.68. The van der Waals surface area contributed by atoms with Crippen LogP contribution in [-0.2, 0) is 0 Å². The van der Waals surface area contributed by atoms with Gasteiger partial charge < -0.3 is 5.73 Å². The lowest BCUT2D eigenvalue weighted by Crippen LogP contribution is -2.12. The monoisotopic (exact) mass is 270 g/mol. The second-order valence-corrected chi connectivity index (χ2v) is 5.67. The molecule has 19 heavy (non-hydrogen) atoms. The lowest BCUT2D eigenvalue weighted by Gasteiger charge is -2.08. The zero-order valence-electron chi connectivity index (χ0n) is 10.8. The minimum atomic E-state index is -0.00412. The third kappa shape index (κ3) is 1.85. The Kier molecular flexibility index (Phi) is 2.68. The predicted octanol–water partition coefficient (Wildman–Crippen LogP) is 3.25. The number of aryl methyl sites for hydroxylation is 2. The average Bonchev–Trinajstić information content (AvgIpc) is 2.72. The summed E-state index contributed by atoms with van der Waals surface area (Å²) in [5.41, 5.74) is 9.73. The Morgan fingerprint density at radius 3 is 2.53 bits per heavy atom. The molecule has 4 heteroatoms. The van der Waals surface area contributed by atoms with Gasteiger partial charge in [0, 0.05) is 0 Å². The van der Waals surface area contributed by atoms with Gasteiger partial charge in [-0.25, -0.2) is 3.96 Å². The van der Waals surface area contributed by atoms with Crippen molar-refractivity contribution in [1.82, 2.24) is 3.96 Å². The maximum absolute atomic E-state index is 12.4. The van der Waals surface area contributed by atoms with Crippen molar-refractivity contribution in [2.24, 2.45) is 0 Å². The van der Waals surface area contributed by atoms with Crippen molar-refractivity contribution in [2.75, 3.05) is 5.73 Å². The summed E-state index contributed by atoms with van der Waals surface area (Å²) in [5, 5.41) is 0.741. The molecule has 96 valence electrons. The molecule has 0 fully saturated rings. The van der Waals surface area contributed by atoms with E-state index in [0.29, 0.717) is 5.69 Å². The lowest BCUT2D eigenvalue weighted by molar-refractivity contribution is 1.13. The molecule has 0 bridgehead atoms. The molecule has 0 aliphatic heterocycles. The van der Waals surface area contributed by atoms with Crippen LogP contribution in [0.5, 0.6) is 0 Å². The minimum Gasteiger partial charge on any atom is -0.397 e. The van der Waals surface area contributed by atoms with E-state index in [2.05, 4.69) is 0 Å². The molecule has 0 atom stereocenters. The summed E-state index contributed by atoms with van der Waals surface area (Å²) in [7, 11) is 0. The van der Waals surface area contributed by atoms with Crippen molar-refractivity contribution in [2.45, 2.75) is 13.8 Å². The molecule has 0 spiro atoms. The molecule has 3 nitrogen and oxygen atoms in total. The van der Waals surface area contributed by atoms with Crippen LogP contribution in [0.2, 0.25) is 0 Å². The molecule has 3 rings (SSSR count). The highest BCUT2D eigenvalue weighted by Gasteiger charge is 2.11. The van der Waals surface area contributed by atoms with Gasteiger partial charge in [0.15, 0.2) is 0 Å². The zero-order valence-corrected chi connectivity index (χ0v) is 11.6. The third-order valence-electron chi connectivity index (χ3n) is 3.35. The van der Waals surface area contributed by atoms with Crippen LogP contribution in [0.15, 0.2) is 41.2 Å². The number of nitrogen functional groups attached to an aromatic ring is 1. The normalized spacial score (nSPS) is 11.1. The quantitative estimate of drug-likeness (QED) is 0.690. The second kappa shape index (κ2) is 4.24. The van der Waals surface area contributed by atoms with E-state index >= 15 is 0 Å². The first-order chi connectivity index (χ1) is 9.08. The van der Waals surface area contributed by atoms with Crippen molar-refractivity contribution in [1.29, 1.82) is 0 Å².